The molecule has 0 bridgehead atoms. The maximum Gasteiger partial charge on any atom is 0.278 e. The van der Waals surface area contributed by atoms with Crippen molar-refractivity contribution < 1.29 is 9.47 Å². The summed E-state index contributed by atoms with van der Waals surface area (Å²) in [6, 6.07) is 19.3. The maximum atomic E-state index is 13.5. The minimum Gasteiger partial charge on any atom is -0.493 e. The van der Waals surface area contributed by atoms with Gasteiger partial charge >= 0.3 is 0 Å². The Morgan fingerprint density at radius 3 is 2.24 bits per heavy atom. The van der Waals surface area contributed by atoms with Crippen molar-refractivity contribution in [2.45, 2.75) is 11.0 Å². The largest absolute Gasteiger partial charge is 0.493 e. The zero-order valence-corrected chi connectivity index (χ0v) is 19.2. The number of fused-ring (bicyclic) bond motifs is 2. The van der Waals surface area contributed by atoms with Crippen molar-refractivity contribution in [3.8, 4) is 17.2 Å². The highest BCUT2D eigenvalue weighted by Gasteiger charge is 2.16. The van der Waals surface area contributed by atoms with Gasteiger partial charge in [-0.05, 0) is 36.4 Å². The summed E-state index contributed by atoms with van der Waals surface area (Å²) in [5.41, 5.74) is 1.14. The maximum absolute atomic E-state index is 13.5. The molecule has 34 heavy (non-hydrogen) atoms. The van der Waals surface area contributed by atoms with Crippen LogP contribution in [0, 0.1) is 0 Å². The molecular weight excluding hydrogens is 454 g/mol. The Kier molecular flexibility index (Phi) is 5.72. The number of benzene rings is 3. The van der Waals surface area contributed by atoms with Gasteiger partial charge in [-0.25, -0.2) is 4.98 Å². The first-order valence-corrected chi connectivity index (χ1v) is 11.3. The lowest BCUT2D eigenvalue weighted by atomic mass is 10.2. The van der Waals surface area contributed by atoms with E-state index in [-0.39, 0.29) is 17.0 Å². The molecule has 3 aromatic carbocycles. The van der Waals surface area contributed by atoms with Crippen molar-refractivity contribution in [2.75, 3.05) is 14.2 Å². The average molecular weight is 474 g/mol. The molecule has 0 aliphatic rings. The van der Waals surface area contributed by atoms with Crippen molar-refractivity contribution in [3.63, 3.8) is 0 Å². The molecule has 0 fully saturated rings. The molecule has 5 rings (SSSR count). The average Bonchev–Trinajstić information content (AvgIpc) is 2.88. The number of nitrogens with zero attached hydrogens (tertiary/aromatic N) is 5. The summed E-state index contributed by atoms with van der Waals surface area (Å²) >= 11 is 1.21. The molecule has 0 saturated carbocycles. The molecule has 0 spiro atoms. The van der Waals surface area contributed by atoms with Crippen LogP contribution in [0.5, 0.6) is 11.5 Å². The topological polar surface area (TPSA) is 101 Å². The summed E-state index contributed by atoms with van der Waals surface area (Å²) in [4.78, 5) is 31.1. The van der Waals surface area contributed by atoms with Gasteiger partial charge in [0.1, 0.15) is 5.52 Å². The quantitative estimate of drug-likeness (QED) is 0.274. The molecule has 9 nitrogen and oxygen atoms in total. The summed E-state index contributed by atoms with van der Waals surface area (Å²) in [5.74, 6) is 1.14. The number of thioether (sulfide) groups is 1. The van der Waals surface area contributed by atoms with Crippen molar-refractivity contribution in [2.24, 2.45) is 0 Å². The highest BCUT2D eigenvalue weighted by atomic mass is 32.2. The second-order valence-electron chi connectivity index (χ2n) is 7.28. The fourth-order valence-electron chi connectivity index (χ4n) is 3.63. The van der Waals surface area contributed by atoms with Gasteiger partial charge in [-0.3, -0.25) is 14.2 Å². The predicted molar refractivity (Wildman–Crippen MR) is 130 cm³/mol. The predicted octanol–water partition coefficient (Wildman–Crippen LogP) is 3.26. The molecule has 0 aliphatic carbocycles. The van der Waals surface area contributed by atoms with E-state index in [4.69, 9.17) is 14.5 Å². The summed E-state index contributed by atoms with van der Waals surface area (Å²) in [6.45, 7) is 0. The zero-order chi connectivity index (χ0) is 23.7. The normalized spacial score (nSPS) is 11.1. The van der Waals surface area contributed by atoms with E-state index in [0.717, 1.165) is 0 Å². The minimum atomic E-state index is -0.265. The number of hydrogen-bond donors (Lipinski definition) is 0. The van der Waals surface area contributed by atoms with Gasteiger partial charge in [0, 0.05) is 6.07 Å². The van der Waals surface area contributed by atoms with Crippen LogP contribution in [0.4, 0.5) is 0 Å². The Hall–Kier alpha value is -4.18. The van der Waals surface area contributed by atoms with E-state index in [0.29, 0.717) is 44.1 Å². The van der Waals surface area contributed by atoms with E-state index < -0.39 is 0 Å². The van der Waals surface area contributed by atoms with Crippen LogP contribution < -0.4 is 20.6 Å². The molecule has 0 N–H and O–H groups in total. The second-order valence-corrected chi connectivity index (χ2v) is 8.19. The third-order valence-corrected chi connectivity index (χ3v) is 6.22. The fourth-order valence-corrected chi connectivity index (χ4v) is 4.51. The monoisotopic (exact) mass is 473 g/mol. The van der Waals surface area contributed by atoms with Crippen LogP contribution in [0.2, 0.25) is 0 Å². The highest BCUT2D eigenvalue weighted by Crippen LogP contribution is 2.30. The molecule has 5 aromatic rings. The Morgan fingerprint density at radius 2 is 1.50 bits per heavy atom. The molecule has 2 aromatic heterocycles. The summed E-state index contributed by atoms with van der Waals surface area (Å²) in [7, 11) is 3.08. The molecular formula is C24H19N5O4S. The fraction of sp³-hybridized carbons (Fsp3) is 0.125. The third kappa shape index (κ3) is 3.77. The Labute approximate surface area is 197 Å². The van der Waals surface area contributed by atoms with Crippen molar-refractivity contribution in [1.29, 1.82) is 0 Å². The second kappa shape index (κ2) is 8.99. The Morgan fingerprint density at radius 1 is 0.824 bits per heavy atom. The summed E-state index contributed by atoms with van der Waals surface area (Å²) < 4.78 is 13.5. The van der Waals surface area contributed by atoms with Crippen LogP contribution in [0.25, 0.3) is 27.5 Å². The molecule has 0 saturated heterocycles. The first-order chi connectivity index (χ1) is 16.6. The van der Waals surface area contributed by atoms with E-state index in [1.807, 2.05) is 6.07 Å². The van der Waals surface area contributed by atoms with Gasteiger partial charge in [0.2, 0.25) is 0 Å². The highest BCUT2D eigenvalue weighted by molar-refractivity contribution is 7.98. The Balaban J connectivity index is 1.63. The number of rotatable bonds is 6. The number of aromatic nitrogens is 5. The molecule has 10 heteroatoms. The van der Waals surface area contributed by atoms with Crippen LogP contribution in [-0.2, 0) is 5.88 Å². The lowest BCUT2D eigenvalue weighted by Gasteiger charge is -2.15. The van der Waals surface area contributed by atoms with Crippen LogP contribution >= 0.6 is 11.8 Å². The Bertz CT molecular complexity index is 1650. The van der Waals surface area contributed by atoms with Crippen molar-refractivity contribution >= 4 is 33.6 Å². The first-order valence-electron chi connectivity index (χ1n) is 10.3. The van der Waals surface area contributed by atoms with Gasteiger partial charge in [0.15, 0.2) is 16.7 Å². The van der Waals surface area contributed by atoms with Crippen molar-refractivity contribution in [3.05, 3.63) is 87.4 Å². The summed E-state index contributed by atoms with van der Waals surface area (Å²) in [5, 5.41) is 9.52. The van der Waals surface area contributed by atoms with Gasteiger partial charge in [-0.2, -0.15) is 4.68 Å². The van der Waals surface area contributed by atoms with Gasteiger partial charge in [-0.15, -0.1) is 5.10 Å². The van der Waals surface area contributed by atoms with Gasteiger partial charge in [-0.1, -0.05) is 41.2 Å². The molecule has 170 valence electrons. The van der Waals surface area contributed by atoms with E-state index in [2.05, 4.69) is 10.3 Å². The molecule has 0 aliphatic heterocycles. The van der Waals surface area contributed by atoms with Gasteiger partial charge in [0.25, 0.3) is 11.1 Å². The van der Waals surface area contributed by atoms with Crippen molar-refractivity contribution in [1.82, 2.24) is 24.5 Å². The number of para-hydroxylation sites is 1. The number of methoxy groups -OCH3 is 2. The summed E-state index contributed by atoms with van der Waals surface area (Å²) in [6.07, 6.45) is 0. The van der Waals surface area contributed by atoms with Gasteiger partial charge < -0.3 is 9.47 Å². The van der Waals surface area contributed by atoms with Crippen LogP contribution in [0.15, 0.2) is 81.5 Å². The lowest BCUT2D eigenvalue weighted by molar-refractivity contribution is 0.354. The van der Waals surface area contributed by atoms with E-state index >= 15 is 0 Å². The standard InChI is InChI=1S/C24H19N5O4S/c1-32-20-12-11-15(13-21(20)33-2)29-23(31)16-7-3-5-9-18(16)25-24(29)34-14-28-22(30)17-8-4-6-10-19(17)26-27-28/h3-13H,14H2,1-2H3. The van der Waals surface area contributed by atoms with Crippen LogP contribution in [0.1, 0.15) is 0 Å². The molecule has 0 radical (unpaired) electrons. The van der Waals surface area contributed by atoms with Gasteiger partial charge in [0.05, 0.1) is 42.1 Å². The molecule has 2 heterocycles. The molecule has 0 unspecified atom stereocenters. The third-order valence-electron chi connectivity index (χ3n) is 5.32. The smallest absolute Gasteiger partial charge is 0.278 e. The van der Waals surface area contributed by atoms with Crippen LogP contribution in [-0.4, -0.2) is 38.8 Å². The lowest BCUT2D eigenvalue weighted by Crippen LogP contribution is -2.25. The first kappa shape index (κ1) is 21.7. The van der Waals surface area contributed by atoms with Crippen LogP contribution in [0.3, 0.4) is 0 Å². The minimum absolute atomic E-state index is 0.120. The SMILES string of the molecule is COc1ccc(-n2c(SCn3nnc4ccccc4c3=O)nc3ccccc3c2=O)cc1OC. The molecule has 0 amide bonds. The number of ether oxygens (including phenoxy) is 2. The zero-order valence-electron chi connectivity index (χ0n) is 18.3. The molecule has 0 atom stereocenters. The van der Waals surface area contributed by atoms with E-state index in [1.165, 1.54) is 28.1 Å². The number of hydrogen-bond acceptors (Lipinski definition) is 8. The van der Waals surface area contributed by atoms with E-state index in [9.17, 15) is 9.59 Å². The van der Waals surface area contributed by atoms with E-state index in [1.54, 1.807) is 67.8 Å².